The number of nitrogens with zero attached hydrogens (tertiary/aromatic N) is 2. The second-order valence-electron chi connectivity index (χ2n) is 5.85. The van der Waals surface area contributed by atoms with Gasteiger partial charge in [-0.05, 0) is 32.9 Å². The maximum Gasteiger partial charge on any atom is 0.237 e. The van der Waals surface area contributed by atoms with Crippen LogP contribution in [0.2, 0.25) is 0 Å². The third-order valence-corrected chi connectivity index (χ3v) is 3.82. The van der Waals surface area contributed by atoms with Crippen LogP contribution < -0.4 is 5.32 Å². The van der Waals surface area contributed by atoms with Gasteiger partial charge in [0, 0.05) is 50.7 Å². The number of hydrogen-bond donors (Lipinski definition) is 2. The van der Waals surface area contributed by atoms with Gasteiger partial charge in [-0.1, -0.05) is 0 Å². The van der Waals surface area contributed by atoms with Gasteiger partial charge in [-0.15, -0.1) is 0 Å². The van der Waals surface area contributed by atoms with E-state index in [0.29, 0.717) is 0 Å². The normalized spacial score (nSPS) is 19.2. The molecule has 0 radical (unpaired) electrons. The number of nitrogens with one attached hydrogen (secondary N) is 2. The van der Waals surface area contributed by atoms with Gasteiger partial charge in [-0.25, -0.2) is 0 Å². The van der Waals surface area contributed by atoms with Crippen LogP contribution in [-0.4, -0.2) is 59.0 Å². The van der Waals surface area contributed by atoms with Crippen LogP contribution in [0.3, 0.4) is 0 Å². The number of carbonyl (C=O) groups excluding carboxylic acids is 1. The fourth-order valence-corrected chi connectivity index (χ4v) is 2.59. The summed E-state index contributed by atoms with van der Waals surface area (Å²) in [6, 6.07) is 4.32. The number of piperazine rings is 1. The third kappa shape index (κ3) is 4.08. The SMILES string of the molecule is CC(C)NC(=O)[C@H](C)N1CCN(Cc2ccc[nH]2)CC1. The summed E-state index contributed by atoms with van der Waals surface area (Å²) in [7, 11) is 0. The largest absolute Gasteiger partial charge is 0.364 e. The van der Waals surface area contributed by atoms with Crippen molar-refractivity contribution in [2.75, 3.05) is 26.2 Å². The zero-order chi connectivity index (χ0) is 14.5. The molecule has 1 aromatic heterocycles. The number of carbonyl (C=O) groups is 1. The van der Waals surface area contributed by atoms with Crippen molar-refractivity contribution in [3.8, 4) is 0 Å². The van der Waals surface area contributed by atoms with E-state index >= 15 is 0 Å². The number of aromatic nitrogens is 1. The fraction of sp³-hybridized carbons (Fsp3) is 0.667. The Balaban J connectivity index is 1.77. The van der Waals surface area contributed by atoms with Crippen molar-refractivity contribution in [2.24, 2.45) is 0 Å². The van der Waals surface area contributed by atoms with E-state index < -0.39 is 0 Å². The summed E-state index contributed by atoms with van der Waals surface area (Å²) in [5, 5.41) is 2.99. The van der Waals surface area contributed by atoms with Gasteiger partial charge < -0.3 is 10.3 Å². The van der Waals surface area contributed by atoms with Gasteiger partial charge in [-0.2, -0.15) is 0 Å². The predicted molar refractivity (Wildman–Crippen MR) is 80.4 cm³/mol. The first kappa shape index (κ1) is 15.1. The Kier molecular flexibility index (Phi) is 5.20. The summed E-state index contributed by atoms with van der Waals surface area (Å²) in [6.07, 6.45) is 1.96. The molecular formula is C15H26N4O. The second kappa shape index (κ2) is 6.90. The first-order chi connectivity index (χ1) is 9.56. The molecule has 1 atom stereocenters. The van der Waals surface area contributed by atoms with E-state index in [9.17, 15) is 4.79 Å². The number of H-pyrrole nitrogens is 1. The van der Waals surface area contributed by atoms with Crippen LogP contribution in [0.1, 0.15) is 26.5 Å². The molecule has 1 aliphatic heterocycles. The molecule has 0 bridgehead atoms. The van der Waals surface area contributed by atoms with E-state index in [1.165, 1.54) is 5.69 Å². The molecule has 1 amide bonds. The lowest BCUT2D eigenvalue weighted by atomic mass is 10.2. The molecule has 112 valence electrons. The van der Waals surface area contributed by atoms with Crippen LogP contribution in [0, 0.1) is 0 Å². The zero-order valence-corrected chi connectivity index (χ0v) is 12.7. The summed E-state index contributed by atoms with van der Waals surface area (Å²) >= 11 is 0. The molecule has 1 aliphatic rings. The molecular weight excluding hydrogens is 252 g/mol. The molecule has 5 heteroatoms. The first-order valence-electron chi connectivity index (χ1n) is 7.45. The monoisotopic (exact) mass is 278 g/mol. The number of amides is 1. The molecule has 1 saturated heterocycles. The van der Waals surface area contributed by atoms with Gasteiger partial charge >= 0.3 is 0 Å². The molecule has 0 unspecified atom stereocenters. The van der Waals surface area contributed by atoms with Gasteiger partial charge in [0.25, 0.3) is 0 Å². The van der Waals surface area contributed by atoms with Gasteiger partial charge in [0.2, 0.25) is 5.91 Å². The number of aromatic amines is 1. The Morgan fingerprint density at radius 2 is 2.00 bits per heavy atom. The van der Waals surface area contributed by atoms with Crippen molar-refractivity contribution in [3.63, 3.8) is 0 Å². The molecule has 1 aromatic rings. The van der Waals surface area contributed by atoms with Crippen molar-refractivity contribution in [1.82, 2.24) is 20.1 Å². The zero-order valence-electron chi connectivity index (χ0n) is 12.7. The molecule has 0 spiro atoms. The quantitative estimate of drug-likeness (QED) is 0.846. The van der Waals surface area contributed by atoms with Gasteiger partial charge in [-0.3, -0.25) is 14.6 Å². The lowest BCUT2D eigenvalue weighted by Gasteiger charge is -2.37. The van der Waals surface area contributed by atoms with Crippen LogP contribution in [0.15, 0.2) is 18.3 Å². The maximum atomic E-state index is 12.0. The predicted octanol–water partition coefficient (Wildman–Crippen LogP) is 1.05. The van der Waals surface area contributed by atoms with Crippen LogP contribution in [0.4, 0.5) is 0 Å². The Morgan fingerprint density at radius 3 is 2.55 bits per heavy atom. The van der Waals surface area contributed by atoms with Crippen molar-refractivity contribution < 1.29 is 4.79 Å². The van der Waals surface area contributed by atoms with Crippen molar-refractivity contribution in [3.05, 3.63) is 24.0 Å². The summed E-state index contributed by atoms with van der Waals surface area (Å²) < 4.78 is 0. The highest BCUT2D eigenvalue weighted by Gasteiger charge is 2.25. The minimum Gasteiger partial charge on any atom is -0.364 e. The summed E-state index contributed by atoms with van der Waals surface area (Å²) in [5.41, 5.74) is 1.25. The highest BCUT2D eigenvalue weighted by Crippen LogP contribution is 2.09. The molecule has 0 aromatic carbocycles. The van der Waals surface area contributed by atoms with E-state index in [2.05, 4.69) is 26.2 Å². The molecule has 20 heavy (non-hydrogen) atoms. The Labute approximate surface area is 121 Å². The van der Waals surface area contributed by atoms with Crippen molar-refractivity contribution in [2.45, 2.75) is 39.4 Å². The summed E-state index contributed by atoms with van der Waals surface area (Å²) in [5.74, 6) is 0.137. The molecule has 0 saturated carbocycles. The van der Waals surface area contributed by atoms with Crippen LogP contribution in [-0.2, 0) is 11.3 Å². The third-order valence-electron chi connectivity index (χ3n) is 3.82. The van der Waals surface area contributed by atoms with Crippen molar-refractivity contribution in [1.29, 1.82) is 0 Å². The van der Waals surface area contributed by atoms with E-state index in [1.54, 1.807) is 0 Å². The van der Waals surface area contributed by atoms with E-state index in [4.69, 9.17) is 0 Å². The van der Waals surface area contributed by atoms with Gasteiger partial charge in [0.1, 0.15) is 0 Å². The number of hydrogen-bond acceptors (Lipinski definition) is 3. The molecule has 1 fully saturated rings. The molecule has 0 aliphatic carbocycles. The highest BCUT2D eigenvalue weighted by molar-refractivity contribution is 5.81. The molecule has 2 heterocycles. The Hall–Kier alpha value is -1.33. The standard InChI is InChI=1S/C15H26N4O/c1-12(2)17-15(20)13(3)19-9-7-18(8-10-19)11-14-5-4-6-16-14/h4-6,12-13,16H,7-11H2,1-3H3,(H,17,20)/t13-/m0/s1. The lowest BCUT2D eigenvalue weighted by Crippen LogP contribution is -2.54. The molecule has 5 nitrogen and oxygen atoms in total. The minimum atomic E-state index is -0.0370. The van der Waals surface area contributed by atoms with Gasteiger partial charge in [0.05, 0.1) is 6.04 Å². The highest BCUT2D eigenvalue weighted by atomic mass is 16.2. The fourth-order valence-electron chi connectivity index (χ4n) is 2.59. The minimum absolute atomic E-state index is 0.0370. The average Bonchev–Trinajstić information content (AvgIpc) is 2.91. The summed E-state index contributed by atoms with van der Waals surface area (Å²) in [4.78, 5) is 20.0. The first-order valence-corrected chi connectivity index (χ1v) is 7.45. The van der Waals surface area contributed by atoms with E-state index in [0.717, 1.165) is 32.7 Å². The molecule has 2 rings (SSSR count). The lowest BCUT2D eigenvalue weighted by molar-refractivity contribution is -0.127. The van der Waals surface area contributed by atoms with Crippen molar-refractivity contribution >= 4 is 5.91 Å². The van der Waals surface area contributed by atoms with E-state index in [1.807, 2.05) is 33.0 Å². The second-order valence-corrected chi connectivity index (χ2v) is 5.85. The van der Waals surface area contributed by atoms with Crippen LogP contribution >= 0.6 is 0 Å². The van der Waals surface area contributed by atoms with Gasteiger partial charge in [0.15, 0.2) is 0 Å². The Morgan fingerprint density at radius 1 is 1.30 bits per heavy atom. The van der Waals surface area contributed by atoms with Crippen LogP contribution in [0.5, 0.6) is 0 Å². The average molecular weight is 278 g/mol. The Bertz CT molecular complexity index is 408. The topological polar surface area (TPSA) is 51.4 Å². The summed E-state index contributed by atoms with van der Waals surface area (Å²) in [6.45, 7) is 10.9. The molecule has 2 N–H and O–H groups in total. The smallest absolute Gasteiger partial charge is 0.237 e. The maximum absolute atomic E-state index is 12.0. The van der Waals surface area contributed by atoms with E-state index in [-0.39, 0.29) is 18.0 Å². The number of rotatable bonds is 5. The van der Waals surface area contributed by atoms with Crippen LogP contribution in [0.25, 0.3) is 0 Å².